The van der Waals surface area contributed by atoms with Gasteiger partial charge in [0.1, 0.15) is 5.82 Å². The van der Waals surface area contributed by atoms with E-state index in [9.17, 15) is 4.39 Å². The average Bonchev–Trinajstić information content (AvgIpc) is 2.72. The van der Waals surface area contributed by atoms with Crippen LogP contribution in [0.5, 0.6) is 0 Å². The van der Waals surface area contributed by atoms with Gasteiger partial charge in [0.25, 0.3) is 0 Å². The van der Waals surface area contributed by atoms with Gasteiger partial charge in [-0.15, -0.1) is 5.10 Å². The molecule has 0 atom stereocenters. The Kier molecular flexibility index (Phi) is 5.06. The van der Waals surface area contributed by atoms with E-state index in [2.05, 4.69) is 50.2 Å². The van der Waals surface area contributed by atoms with Crippen molar-refractivity contribution in [2.45, 2.75) is 13.8 Å². The van der Waals surface area contributed by atoms with Crippen LogP contribution >= 0.6 is 0 Å². The van der Waals surface area contributed by atoms with Gasteiger partial charge in [0.2, 0.25) is 5.95 Å². The first-order valence-corrected chi connectivity index (χ1v) is 9.39. The summed E-state index contributed by atoms with van der Waals surface area (Å²) in [5, 5.41) is 11.5. The zero-order chi connectivity index (χ0) is 19.5. The number of aromatic nitrogens is 3. The molecule has 4 rings (SSSR count). The highest BCUT2D eigenvalue weighted by Gasteiger charge is 2.21. The third-order valence-electron chi connectivity index (χ3n) is 5.19. The Morgan fingerprint density at radius 3 is 2.46 bits per heavy atom. The van der Waals surface area contributed by atoms with Gasteiger partial charge in [0.05, 0.1) is 11.9 Å². The number of hydrogen-bond donors (Lipinski definition) is 1. The molecule has 7 heteroatoms. The fraction of sp³-hybridized carbons (Fsp3) is 0.286. The molecule has 0 radical (unpaired) electrons. The highest BCUT2D eigenvalue weighted by atomic mass is 19.1. The van der Waals surface area contributed by atoms with Crippen molar-refractivity contribution in [1.82, 2.24) is 15.2 Å². The van der Waals surface area contributed by atoms with Gasteiger partial charge in [-0.1, -0.05) is 24.3 Å². The standard InChI is InChI=1S/C21H23FN6/c1-15-6-5-8-18(16(15)2)24-21-25-20(14-23-26-21)28-12-10-27(11-13-28)19-9-4-3-7-17(19)22/h3-9,14H,10-13H2,1-2H3,(H,24,25,26). The van der Waals surface area contributed by atoms with E-state index < -0.39 is 0 Å². The zero-order valence-electron chi connectivity index (χ0n) is 16.1. The Labute approximate surface area is 164 Å². The molecule has 1 saturated heterocycles. The van der Waals surface area contributed by atoms with Crippen molar-refractivity contribution in [2.75, 3.05) is 41.3 Å². The molecule has 1 aliphatic rings. The van der Waals surface area contributed by atoms with Crippen LogP contribution in [0, 0.1) is 19.7 Å². The van der Waals surface area contributed by atoms with Crippen LogP contribution in [0.4, 0.5) is 27.5 Å². The molecule has 0 aliphatic carbocycles. The van der Waals surface area contributed by atoms with Gasteiger partial charge in [-0.05, 0) is 43.2 Å². The lowest BCUT2D eigenvalue weighted by atomic mass is 10.1. The summed E-state index contributed by atoms with van der Waals surface area (Å²) in [6, 6.07) is 13.0. The summed E-state index contributed by atoms with van der Waals surface area (Å²) in [5.74, 6) is 1.07. The van der Waals surface area contributed by atoms with E-state index in [1.807, 2.05) is 24.3 Å². The van der Waals surface area contributed by atoms with Crippen molar-refractivity contribution in [3.05, 3.63) is 65.6 Å². The number of halogens is 1. The maximum absolute atomic E-state index is 14.0. The predicted molar refractivity (Wildman–Crippen MR) is 110 cm³/mol. The molecular weight excluding hydrogens is 355 g/mol. The minimum atomic E-state index is -0.181. The summed E-state index contributed by atoms with van der Waals surface area (Å²) in [7, 11) is 0. The molecule has 1 N–H and O–H groups in total. The van der Waals surface area contributed by atoms with E-state index >= 15 is 0 Å². The van der Waals surface area contributed by atoms with Crippen LogP contribution < -0.4 is 15.1 Å². The first-order valence-electron chi connectivity index (χ1n) is 9.39. The van der Waals surface area contributed by atoms with Crippen LogP contribution in [0.1, 0.15) is 11.1 Å². The monoisotopic (exact) mass is 378 g/mol. The van der Waals surface area contributed by atoms with Gasteiger partial charge in [0, 0.05) is 31.9 Å². The number of nitrogens with zero attached hydrogens (tertiary/aromatic N) is 5. The summed E-state index contributed by atoms with van der Waals surface area (Å²) in [6.07, 6.45) is 1.67. The first kappa shape index (κ1) is 18.2. The van der Waals surface area contributed by atoms with Crippen molar-refractivity contribution in [1.29, 1.82) is 0 Å². The maximum atomic E-state index is 14.0. The van der Waals surface area contributed by atoms with E-state index in [0.29, 0.717) is 11.6 Å². The normalized spacial score (nSPS) is 14.2. The molecule has 28 heavy (non-hydrogen) atoms. The lowest BCUT2D eigenvalue weighted by Crippen LogP contribution is -2.47. The van der Waals surface area contributed by atoms with Gasteiger partial charge < -0.3 is 15.1 Å². The molecule has 1 aromatic heterocycles. The summed E-state index contributed by atoms with van der Waals surface area (Å²) in [5.41, 5.74) is 4.00. The zero-order valence-corrected chi connectivity index (χ0v) is 16.1. The second kappa shape index (κ2) is 7.80. The first-order chi connectivity index (χ1) is 13.6. The number of rotatable bonds is 4. The molecule has 6 nitrogen and oxygen atoms in total. The summed E-state index contributed by atoms with van der Waals surface area (Å²) in [6.45, 7) is 7.09. The Morgan fingerprint density at radius 1 is 0.929 bits per heavy atom. The van der Waals surface area contributed by atoms with E-state index in [4.69, 9.17) is 0 Å². The molecule has 0 saturated carbocycles. The minimum absolute atomic E-state index is 0.181. The molecule has 0 unspecified atom stereocenters. The SMILES string of the molecule is Cc1cccc(Nc2nncc(N3CCN(c4ccccc4F)CC3)n2)c1C. The van der Waals surface area contributed by atoms with Crippen molar-refractivity contribution < 1.29 is 4.39 Å². The number of anilines is 4. The smallest absolute Gasteiger partial charge is 0.249 e. The van der Waals surface area contributed by atoms with Crippen LogP contribution in [0.2, 0.25) is 0 Å². The number of hydrogen-bond acceptors (Lipinski definition) is 6. The number of nitrogens with one attached hydrogen (secondary N) is 1. The number of para-hydroxylation sites is 1. The number of benzene rings is 2. The molecular formula is C21H23FN6. The largest absolute Gasteiger partial charge is 0.366 e. The second-order valence-electron chi connectivity index (χ2n) is 6.94. The fourth-order valence-corrected chi connectivity index (χ4v) is 3.39. The van der Waals surface area contributed by atoms with E-state index in [0.717, 1.165) is 43.2 Å². The topological polar surface area (TPSA) is 57.2 Å². The summed E-state index contributed by atoms with van der Waals surface area (Å²) in [4.78, 5) is 8.84. The lowest BCUT2D eigenvalue weighted by molar-refractivity contribution is 0.595. The molecule has 0 spiro atoms. The highest BCUT2D eigenvalue weighted by Crippen LogP contribution is 2.24. The Morgan fingerprint density at radius 2 is 1.68 bits per heavy atom. The van der Waals surface area contributed by atoms with Gasteiger partial charge in [-0.2, -0.15) is 10.1 Å². The van der Waals surface area contributed by atoms with E-state index in [1.165, 1.54) is 11.6 Å². The highest BCUT2D eigenvalue weighted by molar-refractivity contribution is 5.60. The summed E-state index contributed by atoms with van der Waals surface area (Å²) >= 11 is 0. The third kappa shape index (κ3) is 3.74. The van der Waals surface area contributed by atoms with Gasteiger partial charge >= 0.3 is 0 Å². The Hall–Kier alpha value is -3.22. The fourth-order valence-electron chi connectivity index (χ4n) is 3.39. The van der Waals surface area contributed by atoms with Crippen LogP contribution in [0.3, 0.4) is 0 Å². The quantitative estimate of drug-likeness (QED) is 0.747. The number of piperazine rings is 1. The number of aryl methyl sites for hydroxylation is 1. The molecule has 0 amide bonds. The summed E-state index contributed by atoms with van der Waals surface area (Å²) < 4.78 is 14.0. The van der Waals surface area contributed by atoms with Crippen molar-refractivity contribution in [2.24, 2.45) is 0 Å². The maximum Gasteiger partial charge on any atom is 0.249 e. The van der Waals surface area contributed by atoms with E-state index in [-0.39, 0.29) is 5.82 Å². The minimum Gasteiger partial charge on any atom is -0.366 e. The Bertz CT molecular complexity index is 969. The van der Waals surface area contributed by atoms with Gasteiger partial charge in [-0.3, -0.25) is 0 Å². The second-order valence-corrected chi connectivity index (χ2v) is 6.94. The lowest BCUT2D eigenvalue weighted by Gasteiger charge is -2.36. The van der Waals surface area contributed by atoms with Crippen LogP contribution in [-0.4, -0.2) is 41.4 Å². The molecule has 3 aromatic rings. The molecule has 2 aromatic carbocycles. The molecule has 2 heterocycles. The third-order valence-corrected chi connectivity index (χ3v) is 5.19. The Balaban J connectivity index is 1.45. The molecule has 1 aliphatic heterocycles. The molecule has 0 bridgehead atoms. The van der Waals surface area contributed by atoms with Crippen LogP contribution in [0.15, 0.2) is 48.7 Å². The van der Waals surface area contributed by atoms with Crippen LogP contribution in [-0.2, 0) is 0 Å². The van der Waals surface area contributed by atoms with Crippen LogP contribution in [0.25, 0.3) is 0 Å². The average molecular weight is 378 g/mol. The molecule has 144 valence electrons. The van der Waals surface area contributed by atoms with E-state index in [1.54, 1.807) is 12.3 Å². The predicted octanol–water partition coefficient (Wildman–Crippen LogP) is 3.70. The van der Waals surface area contributed by atoms with Crippen molar-refractivity contribution in [3.8, 4) is 0 Å². The van der Waals surface area contributed by atoms with Gasteiger partial charge in [-0.25, -0.2) is 4.39 Å². The van der Waals surface area contributed by atoms with Gasteiger partial charge in [0.15, 0.2) is 5.82 Å². The van der Waals surface area contributed by atoms with Crippen molar-refractivity contribution >= 4 is 23.1 Å². The van der Waals surface area contributed by atoms with Crippen molar-refractivity contribution in [3.63, 3.8) is 0 Å². The molecule has 1 fully saturated rings.